The van der Waals surface area contributed by atoms with Gasteiger partial charge in [-0.05, 0) is 26.4 Å². The van der Waals surface area contributed by atoms with Gasteiger partial charge in [-0.1, -0.05) is 13.3 Å². The number of carbonyl (C=O) groups is 1. The van der Waals surface area contributed by atoms with E-state index in [1.54, 1.807) is 0 Å². The number of nitrogens with two attached hydrogens (primary N) is 1. The molecule has 0 aliphatic carbocycles. The zero-order chi connectivity index (χ0) is 12.1. The van der Waals surface area contributed by atoms with Crippen LogP contribution in [-0.4, -0.2) is 55.5 Å². The molecule has 0 radical (unpaired) electrons. The number of rotatable bonds is 4. The van der Waals surface area contributed by atoms with Crippen molar-refractivity contribution in [3.63, 3.8) is 0 Å². The molecule has 1 fully saturated rings. The number of nitrogens with zero attached hydrogens (tertiary/aromatic N) is 2. The summed E-state index contributed by atoms with van der Waals surface area (Å²) in [6, 6.07) is 0.280. The maximum Gasteiger partial charge on any atom is 0.223 e. The molecule has 94 valence electrons. The van der Waals surface area contributed by atoms with Crippen LogP contribution in [0.5, 0.6) is 0 Å². The van der Waals surface area contributed by atoms with E-state index in [1.807, 2.05) is 23.9 Å². The summed E-state index contributed by atoms with van der Waals surface area (Å²) < 4.78 is 0. The zero-order valence-electron chi connectivity index (χ0n) is 10.8. The van der Waals surface area contributed by atoms with Crippen LogP contribution in [0.1, 0.15) is 26.2 Å². The lowest BCUT2D eigenvalue weighted by Gasteiger charge is -2.36. The highest BCUT2D eigenvalue weighted by molar-refractivity contribution is 5.76. The number of piperidine rings is 1. The Morgan fingerprint density at radius 3 is 2.75 bits per heavy atom. The summed E-state index contributed by atoms with van der Waals surface area (Å²) in [6.45, 7) is 4.67. The van der Waals surface area contributed by atoms with Crippen LogP contribution in [-0.2, 0) is 4.79 Å². The SMILES string of the molecule is CCC1CN(C(=O)CCN(C)C)CCC1N. The molecule has 1 aliphatic heterocycles. The summed E-state index contributed by atoms with van der Waals surface area (Å²) in [5.41, 5.74) is 6.03. The second kappa shape index (κ2) is 6.21. The molecule has 0 spiro atoms. The Hall–Kier alpha value is -0.610. The van der Waals surface area contributed by atoms with Gasteiger partial charge in [0.15, 0.2) is 0 Å². The summed E-state index contributed by atoms with van der Waals surface area (Å²) in [5.74, 6) is 0.760. The topological polar surface area (TPSA) is 49.6 Å². The van der Waals surface area contributed by atoms with Crippen molar-refractivity contribution in [2.24, 2.45) is 11.7 Å². The number of carbonyl (C=O) groups excluding carboxylic acids is 1. The van der Waals surface area contributed by atoms with Crippen molar-refractivity contribution in [2.45, 2.75) is 32.2 Å². The van der Waals surface area contributed by atoms with Crippen molar-refractivity contribution in [3.05, 3.63) is 0 Å². The fraction of sp³-hybridized carbons (Fsp3) is 0.917. The largest absolute Gasteiger partial charge is 0.342 e. The maximum atomic E-state index is 11.9. The standard InChI is InChI=1S/C12H25N3O/c1-4-10-9-15(8-5-11(10)13)12(16)6-7-14(2)3/h10-11H,4-9,13H2,1-3H3. The summed E-state index contributed by atoms with van der Waals surface area (Å²) in [6.07, 6.45) is 2.64. The molecular formula is C12H25N3O. The van der Waals surface area contributed by atoms with Gasteiger partial charge >= 0.3 is 0 Å². The van der Waals surface area contributed by atoms with Crippen molar-refractivity contribution in [1.29, 1.82) is 0 Å². The van der Waals surface area contributed by atoms with Crippen LogP contribution < -0.4 is 5.73 Å². The highest BCUT2D eigenvalue weighted by Gasteiger charge is 2.27. The lowest BCUT2D eigenvalue weighted by Crippen LogP contribution is -2.49. The average Bonchev–Trinajstić information content (AvgIpc) is 2.26. The van der Waals surface area contributed by atoms with Crippen LogP contribution in [0.4, 0.5) is 0 Å². The second-order valence-corrected chi connectivity index (χ2v) is 5.01. The molecule has 1 saturated heterocycles. The van der Waals surface area contributed by atoms with Gasteiger partial charge in [0.05, 0.1) is 0 Å². The molecule has 0 saturated carbocycles. The van der Waals surface area contributed by atoms with E-state index in [1.165, 1.54) is 0 Å². The molecule has 0 aromatic carbocycles. The lowest BCUT2D eigenvalue weighted by atomic mass is 9.90. The molecule has 16 heavy (non-hydrogen) atoms. The van der Waals surface area contributed by atoms with Crippen LogP contribution in [0.2, 0.25) is 0 Å². The van der Waals surface area contributed by atoms with Crippen LogP contribution in [0.15, 0.2) is 0 Å². The highest BCUT2D eigenvalue weighted by atomic mass is 16.2. The summed E-state index contributed by atoms with van der Waals surface area (Å²) in [7, 11) is 3.99. The van der Waals surface area contributed by atoms with Gasteiger partial charge in [-0.3, -0.25) is 4.79 Å². The van der Waals surface area contributed by atoms with E-state index in [2.05, 4.69) is 6.92 Å². The molecule has 4 nitrogen and oxygen atoms in total. The minimum Gasteiger partial charge on any atom is -0.342 e. The van der Waals surface area contributed by atoms with Gasteiger partial charge < -0.3 is 15.5 Å². The van der Waals surface area contributed by atoms with Crippen molar-refractivity contribution in [3.8, 4) is 0 Å². The van der Waals surface area contributed by atoms with Crippen LogP contribution >= 0.6 is 0 Å². The van der Waals surface area contributed by atoms with Gasteiger partial charge in [0, 0.05) is 32.1 Å². The molecule has 2 N–H and O–H groups in total. The van der Waals surface area contributed by atoms with E-state index in [0.717, 1.165) is 32.5 Å². The third kappa shape index (κ3) is 3.76. The van der Waals surface area contributed by atoms with Crippen LogP contribution in [0.25, 0.3) is 0 Å². The predicted molar refractivity (Wildman–Crippen MR) is 66.1 cm³/mol. The molecule has 1 aliphatic rings. The first-order valence-electron chi connectivity index (χ1n) is 6.22. The lowest BCUT2D eigenvalue weighted by molar-refractivity contribution is -0.133. The molecule has 1 heterocycles. The zero-order valence-corrected chi connectivity index (χ0v) is 10.8. The van der Waals surface area contributed by atoms with Crippen molar-refractivity contribution in [1.82, 2.24) is 9.80 Å². The predicted octanol–water partition coefficient (Wildman–Crippen LogP) is 0.524. The Morgan fingerprint density at radius 2 is 2.19 bits per heavy atom. The third-order valence-corrected chi connectivity index (χ3v) is 3.44. The van der Waals surface area contributed by atoms with Crippen molar-refractivity contribution >= 4 is 5.91 Å². The van der Waals surface area contributed by atoms with E-state index in [9.17, 15) is 4.79 Å². The molecule has 1 rings (SSSR count). The summed E-state index contributed by atoms with van der Waals surface area (Å²) >= 11 is 0. The van der Waals surface area contributed by atoms with E-state index in [0.29, 0.717) is 12.3 Å². The normalized spacial score (nSPS) is 26.2. The average molecular weight is 227 g/mol. The van der Waals surface area contributed by atoms with Gasteiger partial charge in [0.1, 0.15) is 0 Å². The Kier molecular flexibility index (Phi) is 5.22. The number of hydrogen-bond acceptors (Lipinski definition) is 3. The molecular weight excluding hydrogens is 202 g/mol. The van der Waals surface area contributed by atoms with E-state index in [-0.39, 0.29) is 11.9 Å². The molecule has 0 aromatic rings. The van der Waals surface area contributed by atoms with Crippen molar-refractivity contribution in [2.75, 3.05) is 33.7 Å². The quantitative estimate of drug-likeness (QED) is 0.762. The van der Waals surface area contributed by atoms with Gasteiger partial charge in [-0.15, -0.1) is 0 Å². The van der Waals surface area contributed by atoms with Gasteiger partial charge in [-0.25, -0.2) is 0 Å². The molecule has 0 bridgehead atoms. The highest BCUT2D eigenvalue weighted by Crippen LogP contribution is 2.19. The third-order valence-electron chi connectivity index (χ3n) is 3.44. The number of amides is 1. The van der Waals surface area contributed by atoms with Crippen molar-refractivity contribution < 1.29 is 4.79 Å². The Bertz CT molecular complexity index is 230. The molecule has 0 aromatic heterocycles. The van der Waals surface area contributed by atoms with Crippen LogP contribution in [0.3, 0.4) is 0 Å². The number of hydrogen-bond donors (Lipinski definition) is 1. The first-order chi connectivity index (χ1) is 7.54. The van der Waals surface area contributed by atoms with E-state index in [4.69, 9.17) is 5.73 Å². The number of likely N-dealkylation sites (tertiary alicyclic amines) is 1. The van der Waals surface area contributed by atoms with E-state index < -0.39 is 0 Å². The monoisotopic (exact) mass is 227 g/mol. The minimum absolute atomic E-state index is 0.277. The van der Waals surface area contributed by atoms with Gasteiger partial charge in [0.25, 0.3) is 0 Å². The Labute approximate surface area is 98.8 Å². The Balaban J connectivity index is 2.39. The molecule has 4 heteroatoms. The molecule has 2 atom stereocenters. The second-order valence-electron chi connectivity index (χ2n) is 5.01. The summed E-state index contributed by atoms with van der Waals surface area (Å²) in [4.78, 5) is 16.0. The molecule has 1 amide bonds. The van der Waals surface area contributed by atoms with E-state index >= 15 is 0 Å². The maximum absolute atomic E-state index is 11.9. The van der Waals surface area contributed by atoms with Gasteiger partial charge in [-0.2, -0.15) is 0 Å². The van der Waals surface area contributed by atoms with Crippen LogP contribution in [0, 0.1) is 5.92 Å². The minimum atomic E-state index is 0.277. The summed E-state index contributed by atoms with van der Waals surface area (Å²) in [5, 5.41) is 0. The Morgan fingerprint density at radius 1 is 1.50 bits per heavy atom. The first kappa shape index (κ1) is 13.5. The van der Waals surface area contributed by atoms with Gasteiger partial charge in [0.2, 0.25) is 5.91 Å². The fourth-order valence-corrected chi connectivity index (χ4v) is 2.19. The fourth-order valence-electron chi connectivity index (χ4n) is 2.19. The first-order valence-corrected chi connectivity index (χ1v) is 6.22. The molecule has 2 unspecified atom stereocenters. The smallest absolute Gasteiger partial charge is 0.223 e.